The van der Waals surface area contributed by atoms with Crippen LogP contribution in [0.1, 0.15) is 41.8 Å². The highest BCUT2D eigenvalue weighted by Crippen LogP contribution is 2.09. The van der Waals surface area contributed by atoms with E-state index in [1.54, 1.807) is 12.1 Å². The standard InChI is InChI=1S/C18H26N2O4/c1-11(2)8-15(18(23)24-5)20-16(21)10-19-17(22)14-7-6-12(3)13(4)9-14/h6-7,9,11,15H,8,10H2,1-5H3,(H,19,22)(H,20,21). The van der Waals surface area contributed by atoms with Gasteiger partial charge in [0.1, 0.15) is 6.04 Å². The van der Waals surface area contributed by atoms with E-state index in [1.165, 1.54) is 7.11 Å². The van der Waals surface area contributed by atoms with E-state index in [-0.39, 0.29) is 18.4 Å². The van der Waals surface area contributed by atoms with Crippen LogP contribution in [-0.2, 0) is 14.3 Å². The van der Waals surface area contributed by atoms with Gasteiger partial charge in [0.15, 0.2) is 0 Å². The van der Waals surface area contributed by atoms with Crippen molar-refractivity contribution in [3.63, 3.8) is 0 Å². The van der Waals surface area contributed by atoms with E-state index in [1.807, 2.05) is 33.8 Å². The summed E-state index contributed by atoms with van der Waals surface area (Å²) in [6, 6.07) is 4.64. The van der Waals surface area contributed by atoms with Gasteiger partial charge < -0.3 is 15.4 Å². The summed E-state index contributed by atoms with van der Waals surface area (Å²) in [5.41, 5.74) is 2.60. The third-order valence-corrected chi connectivity index (χ3v) is 3.71. The first-order chi connectivity index (χ1) is 11.2. The molecule has 0 aliphatic heterocycles. The molecule has 6 nitrogen and oxygen atoms in total. The molecule has 0 aromatic heterocycles. The second-order valence-electron chi connectivity index (χ2n) is 6.25. The molecule has 132 valence electrons. The van der Waals surface area contributed by atoms with E-state index in [2.05, 4.69) is 10.6 Å². The number of aryl methyl sites for hydroxylation is 2. The Balaban J connectivity index is 2.58. The maximum absolute atomic E-state index is 12.1. The van der Waals surface area contributed by atoms with E-state index in [9.17, 15) is 14.4 Å². The van der Waals surface area contributed by atoms with Gasteiger partial charge >= 0.3 is 5.97 Å². The predicted molar refractivity (Wildman–Crippen MR) is 91.7 cm³/mol. The summed E-state index contributed by atoms with van der Waals surface area (Å²) in [4.78, 5) is 35.7. The summed E-state index contributed by atoms with van der Waals surface area (Å²) < 4.78 is 4.69. The lowest BCUT2D eigenvalue weighted by molar-refractivity contribution is -0.145. The fourth-order valence-corrected chi connectivity index (χ4v) is 2.22. The third-order valence-electron chi connectivity index (χ3n) is 3.71. The number of amides is 2. The van der Waals surface area contributed by atoms with Crippen LogP contribution in [0.15, 0.2) is 18.2 Å². The van der Waals surface area contributed by atoms with Gasteiger partial charge in [-0.05, 0) is 49.4 Å². The smallest absolute Gasteiger partial charge is 0.328 e. The zero-order valence-electron chi connectivity index (χ0n) is 14.9. The number of carbonyl (C=O) groups is 3. The number of ether oxygens (including phenoxy) is 1. The van der Waals surface area contributed by atoms with E-state index >= 15 is 0 Å². The Labute approximate surface area is 143 Å². The Bertz CT molecular complexity index is 611. The molecule has 0 aliphatic rings. The number of carbonyl (C=O) groups excluding carboxylic acids is 3. The number of nitrogens with one attached hydrogen (secondary N) is 2. The van der Waals surface area contributed by atoms with Crippen LogP contribution in [0, 0.1) is 19.8 Å². The van der Waals surface area contributed by atoms with Crippen LogP contribution in [0.4, 0.5) is 0 Å². The highest BCUT2D eigenvalue weighted by Gasteiger charge is 2.22. The van der Waals surface area contributed by atoms with Gasteiger partial charge in [0.05, 0.1) is 13.7 Å². The van der Waals surface area contributed by atoms with Gasteiger partial charge in [0, 0.05) is 5.56 Å². The summed E-state index contributed by atoms with van der Waals surface area (Å²) in [7, 11) is 1.28. The quantitative estimate of drug-likeness (QED) is 0.744. The molecule has 1 aromatic carbocycles. The average molecular weight is 334 g/mol. The van der Waals surface area contributed by atoms with Crippen molar-refractivity contribution in [1.82, 2.24) is 10.6 Å². The Morgan fingerprint density at radius 2 is 1.79 bits per heavy atom. The van der Waals surface area contributed by atoms with Crippen LogP contribution in [0.5, 0.6) is 0 Å². The summed E-state index contributed by atoms with van der Waals surface area (Å²) in [6.07, 6.45) is 0.476. The summed E-state index contributed by atoms with van der Waals surface area (Å²) in [5.74, 6) is -1.02. The number of benzene rings is 1. The predicted octanol–water partition coefficient (Wildman–Crippen LogP) is 1.74. The topological polar surface area (TPSA) is 84.5 Å². The summed E-state index contributed by atoms with van der Waals surface area (Å²) in [6.45, 7) is 7.59. The number of hydrogen-bond donors (Lipinski definition) is 2. The molecule has 24 heavy (non-hydrogen) atoms. The van der Waals surface area contributed by atoms with Crippen molar-refractivity contribution in [2.24, 2.45) is 5.92 Å². The van der Waals surface area contributed by atoms with Crippen molar-refractivity contribution < 1.29 is 19.1 Å². The van der Waals surface area contributed by atoms with Crippen LogP contribution < -0.4 is 10.6 Å². The van der Waals surface area contributed by atoms with Crippen LogP contribution in [-0.4, -0.2) is 37.5 Å². The van der Waals surface area contributed by atoms with Gasteiger partial charge in [0.2, 0.25) is 5.91 Å². The molecule has 1 unspecified atom stereocenters. The lowest BCUT2D eigenvalue weighted by Crippen LogP contribution is -2.46. The Morgan fingerprint density at radius 1 is 1.12 bits per heavy atom. The van der Waals surface area contributed by atoms with Crippen LogP contribution in [0.3, 0.4) is 0 Å². The molecule has 6 heteroatoms. The first kappa shape index (κ1) is 19.7. The Hall–Kier alpha value is -2.37. The van der Waals surface area contributed by atoms with Crippen molar-refractivity contribution in [1.29, 1.82) is 0 Å². The minimum atomic E-state index is -0.707. The molecule has 1 rings (SSSR count). The second-order valence-corrected chi connectivity index (χ2v) is 6.25. The molecular formula is C18H26N2O4. The minimum Gasteiger partial charge on any atom is -0.467 e. The monoisotopic (exact) mass is 334 g/mol. The molecule has 0 bridgehead atoms. The first-order valence-electron chi connectivity index (χ1n) is 7.97. The maximum Gasteiger partial charge on any atom is 0.328 e. The molecule has 1 atom stereocenters. The van der Waals surface area contributed by atoms with Crippen molar-refractivity contribution in [2.75, 3.05) is 13.7 Å². The second kappa shape index (κ2) is 9.05. The van der Waals surface area contributed by atoms with Crippen molar-refractivity contribution in [2.45, 2.75) is 40.2 Å². The molecule has 0 saturated carbocycles. The SMILES string of the molecule is COC(=O)C(CC(C)C)NC(=O)CNC(=O)c1ccc(C)c(C)c1. The number of methoxy groups -OCH3 is 1. The molecular weight excluding hydrogens is 308 g/mol. The Morgan fingerprint density at radius 3 is 2.33 bits per heavy atom. The molecule has 0 saturated heterocycles. The highest BCUT2D eigenvalue weighted by atomic mass is 16.5. The van der Waals surface area contributed by atoms with E-state index in [0.717, 1.165) is 11.1 Å². The third kappa shape index (κ3) is 6.02. The average Bonchev–Trinajstić information content (AvgIpc) is 2.53. The number of esters is 1. The largest absolute Gasteiger partial charge is 0.467 e. The van der Waals surface area contributed by atoms with Gasteiger partial charge in [-0.3, -0.25) is 9.59 Å². The van der Waals surface area contributed by atoms with Crippen LogP contribution in [0.25, 0.3) is 0 Å². The van der Waals surface area contributed by atoms with Crippen molar-refractivity contribution >= 4 is 17.8 Å². The fourth-order valence-electron chi connectivity index (χ4n) is 2.22. The maximum atomic E-state index is 12.1. The van der Waals surface area contributed by atoms with Gasteiger partial charge in [-0.15, -0.1) is 0 Å². The molecule has 0 aliphatic carbocycles. The van der Waals surface area contributed by atoms with E-state index in [4.69, 9.17) is 4.74 Å². The minimum absolute atomic E-state index is 0.197. The lowest BCUT2D eigenvalue weighted by atomic mass is 10.0. The molecule has 0 fully saturated rings. The normalized spacial score (nSPS) is 11.8. The van der Waals surface area contributed by atoms with Gasteiger partial charge in [-0.2, -0.15) is 0 Å². The zero-order chi connectivity index (χ0) is 18.3. The lowest BCUT2D eigenvalue weighted by Gasteiger charge is -2.18. The molecule has 2 N–H and O–H groups in total. The highest BCUT2D eigenvalue weighted by molar-refractivity contribution is 5.97. The van der Waals surface area contributed by atoms with E-state index in [0.29, 0.717) is 12.0 Å². The summed E-state index contributed by atoms with van der Waals surface area (Å²) in [5, 5.41) is 5.16. The van der Waals surface area contributed by atoms with Crippen LogP contribution >= 0.6 is 0 Å². The first-order valence-corrected chi connectivity index (χ1v) is 7.97. The molecule has 1 aromatic rings. The van der Waals surface area contributed by atoms with Gasteiger partial charge in [-0.25, -0.2) is 4.79 Å². The van der Waals surface area contributed by atoms with Crippen molar-refractivity contribution in [3.8, 4) is 0 Å². The zero-order valence-corrected chi connectivity index (χ0v) is 14.9. The molecule has 0 heterocycles. The molecule has 0 radical (unpaired) electrons. The molecule has 0 spiro atoms. The van der Waals surface area contributed by atoms with E-state index < -0.39 is 17.9 Å². The fraction of sp³-hybridized carbons (Fsp3) is 0.500. The molecule has 2 amide bonds. The summed E-state index contributed by atoms with van der Waals surface area (Å²) >= 11 is 0. The number of rotatable bonds is 7. The Kier molecular flexibility index (Phi) is 7.42. The number of hydrogen-bond acceptors (Lipinski definition) is 4. The van der Waals surface area contributed by atoms with Gasteiger partial charge in [-0.1, -0.05) is 19.9 Å². The van der Waals surface area contributed by atoms with Crippen molar-refractivity contribution in [3.05, 3.63) is 34.9 Å². The van der Waals surface area contributed by atoms with Gasteiger partial charge in [0.25, 0.3) is 5.91 Å². The van der Waals surface area contributed by atoms with Crippen LogP contribution in [0.2, 0.25) is 0 Å².